The predicted molar refractivity (Wildman–Crippen MR) is 64.6 cm³/mol. The lowest BCUT2D eigenvalue weighted by Crippen LogP contribution is -2.14. The molecule has 0 aliphatic heterocycles. The van der Waals surface area contributed by atoms with E-state index >= 15 is 0 Å². The number of nitrogens with zero attached hydrogens (tertiary/aromatic N) is 2. The maximum Gasteiger partial charge on any atom is 0.145 e. The van der Waals surface area contributed by atoms with Crippen LogP contribution in [0.2, 0.25) is 0 Å². The van der Waals surface area contributed by atoms with Crippen molar-refractivity contribution in [3.63, 3.8) is 0 Å². The molecule has 1 unspecified atom stereocenters. The highest BCUT2D eigenvalue weighted by molar-refractivity contribution is 5.32. The fourth-order valence-corrected chi connectivity index (χ4v) is 1.58. The lowest BCUT2D eigenvalue weighted by molar-refractivity contribution is 0.242. The number of hydrogen-bond acceptors (Lipinski definition) is 4. The smallest absolute Gasteiger partial charge is 0.145 e. The van der Waals surface area contributed by atoms with Crippen molar-refractivity contribution < 1.29 is 4.74 Å². The molecular formula is C12H16N4O. The average Bonchev–Trinajstić information content (AvgIpc) is 2.81. The van der Waals surface area contributed by atoms with Crippen molar-refractivity contribution >= 4 is 0 Å². The van der Waals surface area contributed by atoms with E-state index in [4.69, 9.17) is 10.5 Å². The van der Waals surface area contributed by atoms with Gasteiger partial charge in [0.25, 0.3) is 0 Å². The fraction of sp³-hybridized carbons (Fsp3) is 0.333. The predicted octanol–water partition coefficient (Wildman–Crippen LogP) is 1.64. The second-order valence-electron chi connectivity index (χ2n) is 4.09. The molecule has 0 amide bonds. The number of nitrogens with one attached hydrogen (secondary N) is 1. The quantitative estimate of drug-likeness (QED) is 0.840. The van der Waals surface area contributed by atoms with E-state index < -0.39 is 0 Å². The number of hydrogen-bond donors (Lipinski definition) is 2. The molecule has 1 aromatic carbocycles. The maximum absolute atomic E-state index is 6.07. The van der Waals surface area contributed by atoms with Crippen LogP contribution in [0.25, 0.3) is 0 Å². The molecule has 0 fully saturated rings. The van der Waals surface area contributed by atoms with Gasteiger partial charge < -0.3 is 10.5 Å². The molecule has 2 rings (SSSR count). The Balaban J connectivity index is 2.21. The van der Waals surface area contributed by atoms with Crippen LogP contribution < -0.4 is 10.5 Å². The van der Waals surface area contributed by atoms with Crippen molar-refractivity contribution in [2.24, 2.45) is 5.73 Å². The minimum Gasteiger partial charge on any atom is -0.491 e. The summed E-state index contributed by atoms with van der Waals surface area (Å²) in [5, 5.41) is 6.56. The maximum atomic E-state index is 6.07. The zero-order chi connectivity index (χ0) is 12.3. The van der Waals surface area contributed by atoms with Crippen molar-refractivity contribution in [3.05, 3.63) is 42.0 Å². The third kappa shape index (κ3) is 2.82. The summed E-state index contributed by atoms with van der Waals surface area (Å²) in [6.45, 7) is 3.98. The average molecular weight is 232 g/mol. The summed E-state index contributed by atoms with van der Waals surface area (Å²) >= 11 is 0. The van der Waals surface area contributed by atoms with Crippen molar-refractivity contribution in [1.29, 1.82) is 0 Å². The minimum atomic E-state index is -0.312. The first-order valence-electron chi connectivity index (χ1n) is 5.54. The van der Waals surface area contributed by atoms with Gasteiger partial charge in [0.05, 0.1) is 12.1 Å². The van der Waals surface area contributed by atoms with Gasteiger partial charge in [0.1, 0.15) is 17.9 Å². The van der Waals surface area contributed by atoms with Gasteiger partial charge in [0.2, 0.25) is 0 Å². The van der Waals surface area contributed by atoms with E-state index in [1.165, 1.54) is 6.33 Å². The summed E-state index contributed by atoms with van der Waals surface area (Å²) in [7, 11) is 0. The first-order valence-corrected chi connectivity index (χ1v) is 5.54. The van der Waals surface area contributed by atoms with Crippen LogP contribution in [0, 0.1) is 0 Å². The van der Waals surface area contributed by atoms with Gasteiger partial charge in [-0.15, -0.1) is 0 Å². The third-order valence-corrected chi connectivity index (χ3v) is 2.32. The van der Waals surface area contributed by atoms with Crippen LogP contribution in [-0.2, 0) is 0 Å². The van der Waals surface area contributed by atoms with Gasteiger partial charge >= 0.3 is 0 Å². The van der Waals surface area contributed by atoms with Gasteiger partial charge in [-0.25, -0.2) is 4.98 Å². The van der Waals surface area contributed by atoms with E-state index in [1.807, 2.05) is 38.1 Å². The van der Waals surface area contributed by atoms with Crippen molar-refractivity contribution in [2.45, 2.75) is 26.0 Å². The van der Waals surface area contributed by atoms with Crippen molar-refractivity contribution in [1.82, 2.24) is 15.2 Å². The highest BCUT2D eigenvalue weighted by atomic mass is 16.5. The van der Waals surface area contributed by atoms with E-state index in [0.717, 1.165) is 11.3 Å². The summed E-state index contributed by atoms with van der Waals surface area (Å²) < 4.78 is 5.62. The Bertz CT molecular complexity index is 467. The number of nitrogens with two attached hydrogens (primary N) is 1. The van der Waals surface area contributed by atoms with Gasteiger partial charge in [-0.2, -0.15) is 5.10 Å². The standard InChI is InChI=1S/C12H16N4O/c1-8(2)17-10-5-3-4-9(6-10)11(13)12-14-7-15-16-12/h3-8,11H,13H2,1-2H3,(H,14,15,16). The second kappa shape index (κ2) is 4.97. The molecular weight excluding hydrogens is 216 g/mol. The molecule has 17 heavy (non-hydrogen) atoms. The van der Waals surface area contributed by atoms with Crippen LogP contribution in [0.15, 0.2) is 30.6 Å². The molecule has 0 saturated heterocycles. The molecule has 90 valence electrons. The molecule has 1 atom stereocenters. The molecule has 3 N–H and O–H groups in total. The number of benzene rings is 1. The molecule has 0 spiro atoms. The molecule has 0 radical (unpaired) electrons. The van der Waals surface area contributed by atoms with Gasteiger partial charge in [-0.05, 0) is 31.5 Å². The van der Waals surface area contributed by atoms with Crippen LogP contribution >= 0.6 is 0 Å². The topological polar surface area (TPSA) is 76.8 Å². The third-order valence-electron chi connectivity index (χ3n) is 2.32. The summed E-state index contributed by atoms with van der Waals surface area (Å²) in [4.78, 5) is 4.05. The summed E-state index contributed by atoms with van der Waals surface area (Å²) in [6, 6.07) is 7.39. The van der Waals surface area contributed by atoms with Crippen molar-refractivity contribution in [2.75, 3.05) is 0 Å². The monoisotopic (exact) mass is 232 g/mol. The van der Waals surface area contributed by atoms with Gasteiger partial charge in [0.15, 0.2) is 0 Å². The lowest BCUT2D eigenvalue weighted by atomic mass is 10.1. The molecule has 0 bridgehead atoms. The van der Waals surface area contributed by atoms with Crippen molar-refractivity contribution in [3.8, 4) is 5.75 Å². The highest BCUT2D eigenvalue weighted by Gasteiger charge is 2.12. The zero-order valence-electron chi connectivity index (χ0n) is 9.92. The number of aromatic nitrogens is 3. The highest BCUT2D eigenvalue weighted by Crippen LogP contribution is 2.21. The molecule has 0 aliphatic carbocycles. The van der Waals surface area contributed by atoms with Crippen LogP contribution in [-0.4, -0.2) is 21.3 Å². The van der Waals surface area contributed by atoms with Crippen LogP contribution in [0.5, 0.6) is 5.75 Å². The molecule has 5 nitrogen and oxygen atoms in total. The van der Waals surface area contributed by atoms with Gasteiger partial charge in [-0.3, -0.25) is 5.10 Å². The largest absolute Gasteiger partial charge is 0.491 e. The number of ether oxygens (including phenoxy) is 1. The molecule has 5 heteroatoms. The number of H-pyrrole nitrogens is 1. The van der Waals surface area contributed by atoms with Crippen LogP contribution in [0.4, 0.5) is 0 Å². The Kier molecular flexibility index (Phi) is 3.39. The Labute approximate surface area is 100 Å². The number of aromatic amines is 1. The molecule has 2 aromatic rings. The summed E-state index contributed by atoms with van der Waals surface area (Å²) in [6.07, 6.45) is 1.59. The Morgan fingerprint density at radius 1 is 1.35 bits per heavy atom. The Morgan fingerprint density at radius 2 is 2.18 bits per heavy atom. The molecule has 0 aliphatic rings. The van der Waals surface area contributed by atoms with Gasteiger partial charge in [-0.1, -0.05) is 12.1 Å². The SMILES string of the molecule is CC(C)Oc1cccc(C(N)c2ncn[nH]2)c1. The molecule has 1 heterocycles. The normalized spacial score (nSPS) is 12.7. The zero-order valence-corrected chi connectivity index (χ0v) is 9.92. The minimum absolute atomic E-state index is 0.145. The second-order valence-corrected chi connectivity index (χ2v) is 4.09. The fourth-order valence-electron chi connectivity index (χ4n) is 1.58. The Hall–Kier alpha value is -1.88. The van der Waals surface area contributed by atoms with E-state index in [9.17, 15) is 0 Å². The van der Waals surface area contributed by atoms with E-state index in [2.05, 4.69) is 15.2 Å². The summed E-state index contributed by atoms with van der Waals surface area (Å²) in [5.41, 5.74) is 7.02. The van der Waals surface area contributed by atoms with E-state index in [1.54, 1.807) is 0 Å². The Morgan fingerprint density at radius 3 is 2.82 bits per heavy atom. The van der Waals surface area contributed by atoms with Crippen LogP contribution in [0.3, 0.4) is 0 Å². The molecule has 0 saturated carbocycles. The van der Waals surface area contributed by atoms with E-state index in [0.29, 0.717) is 5.82 Å². The van der Waals surface area contributed by atoms with Gasteiger partial charge in [0, 0.05) is 0 Å². The van der Waals surface area contributed by atoms with Crippen LogP contribution in [0.1, 0.15) is 31.3 Å². The lowest BCUT2D eigenvalue weighted by Gasteiger charge is -2.13. The number of rotatable bonds is 4. The van der Waals surface area contributed by atoms with E-state index in [-0.39, 0.29) is 12.1 Å². The molecule has 1 aromatic heterocycles. The first-order chi connectivity index (χ1) is 8.16. The first kappa shape index (κ1) is 11.6. The summed E-state index contributed by atoms with van der Waals surface area (Å²) in [5.74, 6) is 1.46.